The monoisotopic (exact) mass is 336 g/mol. The van der Waals surface area contributed by atoms with Gasteiger partial charge < -0.3 is 0 Å². The van der Waals surface area contributed by atoms with E-state index in [0.717, 1.165) is 23.2 Å². The fraction of sp³-hybridized carbons (Fsp3) is 0.250. The topological polar surface area (TPSA) is 59.1 Å². The summed E-state index contributed by atoms with van der Waals surface area (Å²) in [6, 6.07) is 4.06. The van der Waals surface area contributed by atoms with Gasteiger partial charge in [0.1, 0.15) is 0 Å². The lowest BCUT2D eigenvalue weighted by Gasteiger charge is -2.13. The van der Waals surface area contributed by atoms with Gasteiger partial charge in [-0.25, -0.2) is 18.1 Å². The van der Waals surface area contributed by atoms with Crippen molar-refractivity contribution in [2.24, 2.45) is 0 Å². The Balaban J connectivity index is 2.28. The number of sulfonamides is 1. The molecular formula is C12H11F3N2O2S2. The van der Waals surface area contributed by atoms with E-state index in [1.54, 1.807) is 12.3 Å². The van der Waals surface area contributed by atoms with E-state index < -0.39 is 26.7 Å². The summed E-state index contributed by atoms with van der Waals surface area (Å²) in [6.45, 7) is 1.60. The molecule has 0 atom stereocenters. The number of aryl methyl sites for hydroxylation is 1. The number of benzene rings is 1. The van der Waals surface area contributed by atoms with Gasteiger partial charge in [-0.3, -0.25) is 0 Å². The van der Waals surface area contributed by atoms with E-state index >= 15 is 0 Å². The Hall–Kier alpha value is -1.45. The first-order chi connectivity index (χ1) is 9.70. The van der Waals surface area contributed by atoms with Crippen LogP contribution in [0.2, 0.25) is 0 Å². The number of alkyl halides is 3. The van der Waals surface area contributed by atoms with Crippen LogP contribution in [0.5, 0.6) is 0 Å². The highest BCUT2D eigenvalue weighted by molar-refractivity contribution is 7.89. The average molecular weight is 336 g/mol. The van der Waals surface area contributed by atoms with E-state index in [0.29, 0.717) is 5.69 Å². The quantitative estimate of drug-likeness (QED) is 0.934. The fourth-order valence-electron chi connectivity index (χ4n) is 1.67. The van der Waals surface area contributed by atoms with E-state index in [1.807, 2.05) is 0 Å². The van der Waals surface area contributed by atoms with Crippen molar-refractivity contribution in [2.75, 3.05) is 0 Å². The molecule has 1 aromatic carbocycles. The van der Waals surface area contributed by atoms with Crippen molar-refractivity contribution < 1.29 is 21.6 Å². The van der Waals surface area contributed by atoms with Crippen LogP contribution in [0.1, 0.15) is 16.3 Å². The van der Waals surface area contributed by atoms with Crippen LogP contribution in [0.4, 0.5) is 13.2 Å². The number of hydrogen-bond acceptors (Lipinski definition) is 4. The van der Waals surface area contributed by atoms with Gasteiger partial charge in [0.15, 0.2) is 0 Å². The third-order valence-corrected chi connectivity index (χ3v) is 4.87. The Bertz CT molecular complexity index is 739. The number of halogens is 3. The van der Waals surface area contributed by atoms with Gasteiger partial charge in [-0.1, -0.05) is 12.1 Å². The first-order valence-corrected chi connectivity index (χ1v) is 8.13. The zero-order valence-corrected chi connectivity index (χ0v) is 12.4. The lowest BCUT2D eigenvalue weighted by Crippen LogP contribution is -2.26. The Morgan fingerprint density at radius 2 is 1.95 bits per heavy atom. The molecule has 2 aromatic rings. The third-order valence-electron chi connectivity index (χ3n) is 2.59. The first-order valence-electron chi connectivity index (χ1n) is 5.77. The summed E-state index contributed by atoms with van der Waals surface area (Å²) in [7, 11) is -4.27. The molecule has 9 heteroatoms. The normalized spacial score (nSPS) is 12.6. The van der Waals surface area contributed by atoms with E-state index in [2.05, 4.69) is 9.71 Å². The number of rotatable bonds is 4. The summed E-state index contributed by atoms with van der Waals surface area (Å²) in [5.41, 5.74) is -0.725. The number of aromatic nitrogens is 1. The molecule has 0 fully saturated rings. The smallest absolute Gasteiger partial charge is 0.245 e. The van der Waals surface area contributed by atoms with Crippen molar-refractivity contribution in [3.63, 3.8) is 0 Å². The molecule has 0 amide bonds. The van der Waals surface area contributed by atoms with E-state index in [1.165, 1.54) is 17.4 Å². The van der Waals surface area contributed by atoms with E-state index in [-0.39, 0.29) is 6.54 Å². The highest BCUT2D eigenvalue weighted by Gasteiger charge is 2.36. The second kappa shape index (κ2) is 5.74. The van der Waals surface area contributed by atoms with Crippen LogP contribution in [0, 0.1) is 6.92 Å². The van der Waals surface area contributed by atoms with Gasteiger partial charge in [0.05, 0.1) is 27.7 Å². The minimum Gasteiger partial charge on any atom is -0.245 e. The molecule has 1 aromatic heterocycles. The summed E-state index contributed by atoms with van der Waals surface area (Å²) in [5.74, 6) is 0. The maximum atomic E-state index is 12.8. The molecule has 114 valence electrons. The van der Waals surface area contributed by atoms with Crippen LogP contribution in [-0.4, -0.2) is 13.4 Å². The van der Waals surface area contributed by atoms with E-state index in [9.17, 15) is 21.6 Å². The fourth-order valence-corrected chi connectivity index (χ4v) is 3.51. The van der Waals surface area contributed by atoms with Crippen LogP contribution in [0.3, 0.4) is 0 Å². The molecular weight excluding hydrogens is 325 g/mol. The lowest BCUT2D eigenvalue weighted by molar-refractivity contribution is -0.139. The molecule has 0 aliphatic carbocycles. The minimum absolute atomic E-state index is 0.154. The van der Waals surface area contributed by atoms with Crippen LogP contribution in [-0.2, 0) is 22.7 Å². The number of nitrogens with one attached hydrogen (secondary N) is 1. The second-order valence-electron chi connectivity index (χ2n) is 4.18. The molecule has 0 saturated heterocycles. The molecule has 0 unspecified atom stereocenters. The summed E-state index contributed by atoms with van der Waals surface area (Å²) < 4.78 is 64.7. The average Bonchev–Trinajstić information content (AvgIpc) is 2.82. The SMILES string of the molecule is Cc1nc(CNS(=O)(=O)c2ccccc2C(F)(F)F)cs1. The molecule has 0 spiro atoms. The maximum absolute atomic E-state index is 12.8. The van der Waals surface area contributed by atoms with Crippen molar-refractivity contribution in [2.45, 2.75) is 24.5 Å². The maximum Gasteiger partial charge on any atom is 0.417 e. The second-order valence-corrected chi connectivity index (χ2v) is 6.97. The lowest BCUT2D eigenvalue weighted by atomic mass is 10.2. The number of hydrogen-bond donors (Lipinski definition) is 1. The zero-order valence-electron chi connectivity index (χ0n) is 10.8. The van der Waals surface area contributed by atoms with Gasteiger partial charge in [0.25, 0.3) is 0 Å². The zero-order chi connectivity index (χ0) is 15.7. The first kappa shape index (κ1) is 15.9. The third kappa shape index (κ3) is 3.80. The van der Waals surface area contributed by atoms with Gasteiger partial charge in [-0.2, -0.15) is 13.2 Å². The molecule has 2 rings (SSSR count). The van der Waals surface area contributed by atoms with Crippen molar-refractivity contribution in [1.82, 2.24) is 9.71 Å². The molecule has 0 aliphatic rings. The van der Waals surface area contributed by atoms with Crippen LogP contribution in [0.15, 0.2) is 34.5 Å². The molecule has 0 bridgehead atoms. The minimum atomic E-state index is -4.73. The number of thiazole rings is 1. The molecule has 0 radical (unpaired) electrons. The Morgan fingerprint density at radius 1 is 1.29 bits per heavy atom. The molecule has 1 N–H and O–H groups in total. The van der Waals surface area contributed by atoms with Gasteiger partial charge in [-0.15, -0.1) is 11.3 Å². The highest BCUT2D eigenvalue weighted by atomic mass is 32.2. The molecule has 4 nitrogen and oxygen atoms in total. The van der Waals surface area contributed by atoms with Crippen molar-refractivity contribution in [1.29, 1.82) is 0 Å². The summed E-state index contributed by atoms with van der Waals surface area (Å²) in [6.07, 6.45) is -4.73. The predicted molar refractivity (Wildman–Crippen MR) is 72.3 cm³/mol. The van der Waals surface area contributed by atoms with Gasteiger partial charge >= 0.3 is 6.18 Å². The Labute approximate surface area is 123 Å². The van der Waals surface area contributed by atoms with Gasteiger partial charge in [-0.05, 0) is 19.1 Å². The molecule has 1 heterocycles. The van der Waals surface area contributed by atoms with Crippen molar-refractivity contribution in [3.05, 3.63) is 45.9 Å². The summed E-state index contributed by atoms with van der Waals surface area (Å²) in [5, 5.41) is 2.40. The standard InChI is InChI=1S/C12H11F3N2O2S2/c1-8-17-9(7-20-8)6-16-21(18,19)11-5-3-2-4-10(11)12(13,14)15/h2-5,7,16H,6H2,1H3. The van der Waals surface area contributed by atoms with Crippen molar-refractivity contribution in [3.8, 4) is 0 Å². The summed E-state index contributed by atoms with van der Waals surface area (Å²) >= 11 is 1.33. The predicted octanol–water partition coefficient (Wildman–Crippen LogP) is 2.95. The van der Waals surface area contributed by atoms with Gasteiger partial charge in [0.2, 0.25) is 10.0 Å². The van der Waals surface area contributed by atoms with Crippen LogP contribution >= 0.6 is 11.3 Å². The Kier molecular flexibility index (Phi) is 4.35. The van der Waals surface area contributed by atoms with Gasteiger partial charge in [0, 0.05) is 5.38 Å². The number of nitrogens with zero attached hydrogens (tertiary/aromatic N) is 1. The van der Waals surface area contributed by atoms with E-state index in [4.69, 9.17) is 0 Å². The summed E-state index contributed by atoms with van der Waals surface area (Å²) in [4.78, 5) is 3.26. The highest BCUT2D eigenvalue weighted by Crippen LogP contribution is 2.33. The molecule has 21 heavy (non-hydrogen) atoms. The Morgan fingerprint density at radius 3 is 2.52 bits per heavy atom. The largest absolute Gasteiger partial charge is 0.417 e. The molecule has 0 saturated carbocycles. The van der Waals surface area contributed by atoms with Crippen LogP contribution < -0.4 is 4.72 Å². The van der Waals surface area contributed by atoms with Crippen molar-refractivity contribution >= 4 is 21.4 Å². The van der Waals surface area contributed by atoms with Crippen LogP contribution in [0.25, 0.3) is 0 Å². The molecule has 0 aliphatic heterocycles.